The van der Waals surface area contributed by atoms with Crippen LogP contribution in [0.15, 0.2) is 47.3 Å². The normalized spacial score (nSPS) is 16.6. The molecule has 6 rings (SSSR count). The van der Waals surface area contributed by atoms with Gasteiger partial charge in [-0.15, -0.1) is 0 Å². The van der Waals surface area contributed by atoms with E-state index in [-0.39, 0.29) is 12.3 Å². The van der Waals surface area contributed by atoms with Crippen LogP contribution in [-0.2, 0) is 16.4 Å². The summed E-state index contributed by atoms with van der Waals surface area (Å²) in [5, 5.41) is 15.8. The van der Waals surface area contributed by atoms with E-state index in [1.165, 1.54) is 17.4 Å². The van der Waals surface area contributed by atoms with Crippen LogP contribution in [0.5, 0.6) is 5.75 Å². The lowest BCUT2D eigenvalue weighted by molar-refractivity contribution is 0.0747. The van der Waals surface area contributed by atoms with E-state index in [2.05, 4.69) is 80.0 Å². The first-order valence-electron chi connectivity index (χ1n) is 16.5. The first kappa shape index (κ1) is 35.0. The van der Waals surface area contributed by atoms with Crippen LogP contribution in [0.1, 0.15) is 25.3 Å². The highest BCUT2D eigenvalue weighted by Gasteiger charge is 2.28. The molecule has 0 aliphatic carbocycles. The van der Waals surface area contributed by atoms with E-state index in [9.17, 15) is 13.5 Å². The van der Waals surface area contributed by atoms with Gasteiger partial charge in [-0.05, 0) is 59.0 Å². The lowest BCUT2D eigenvalue weighted by Gasteiger charge is -2.43. The molecule has 0 saturated carbocycles. The Bertz CT molecular complexity index is 1880. The molecule has 2 aromatic carbocycles. The van der Waals surface area contributed by atoms with Crippen LogP contribution >= 0.6 is 15.9 Å². The van der Waals surface area contributed by atoms with Gasteiger partial charge in [-0.3, -0.25) is 24.5 Å². The minimum atomic E-state index is -3.62. The summed E-state index contributed by atoms with van der Waals surface area (Å²) in [6.45, 7) is 9.25. The Balaban J connectivity index is 1.19. The summed E-state index contributed by atoms with van der Waals surface area (Å²) in [4.78, 5) is 25.3. The number of halogens is 1. The van der Waals surface area contributed by atoms with E-state index in [1.807, 2.05) is 0 Å². The van der Waals surface area contributed by atoms with Crippen molar-refractivity contribution in [3.8, 4) is 5.75 Å². The molecule has 2 aromatic heterocycles. The third-order valence-corrected chi connectivity index (χ3v) is 10.3. The van der Waals surface area contributed by atoms with Gasteiger partial charge in [-0.1, -0.05) is 6.92 Å². The second-order valence-corrected chi connectivity index (χ2v) is 14.9. The van der Waals surface area contributed by atoms with Crippen molar-refractivity contribution in [3.05, 3.63) is 52.9 Å². The summed E-state index contributed by atoms with van der Waals surface area (Å²) in [6.07, 6.45) is 8.84. The number of aromatic nitrogens is 4. The number of fused-ring (bicyclic) bond motifs is 1. The maximum atomic E-state index is 12.3. The van der Waals surface area contributed by atoms with E-state index < -0.39 is 10.0 Å². The first-order valence-corrected chi connectivity index (χ1v) is 19.2. The van der Waals surface area contributed by atoms with E-state index >= 15 is 0 Å². The largest absolute Gasteiger partial charge is 0.494 e. The summed E-state index contributed by atoms with van der Waals surface area (Å²) < 4.78 is 33.5. The molecule has 2 aliphatic heterocycles. The molecule has 0 atom stereocenters. The zero-order valence-corrected chi connectivity index (χ0v) is 30.4. The van der Waals surface area contributed by atoms with Crippen molar-refractivity contribution >= 4 is 71.5 Å². The summed E-state index contributed by atoms with van der Waals surface area (Å²) in [5.41, 5.74) is 4.79. The molecule has 16 heteroatoms. The number of methoxy groups -OCH3 is 1. The number of aliphatic hydroxyl groups excluding tert-OH is 1. The van der Waals surface area contributed by atoms with Crippen molar-refractivity contribution in [2.45, 2.75) is 32.2 Å². The van der Waals surface area contributed by atoms with Gasteiger partial charge in [0.1, 0.15) is 17.1 Å². The minimum Gasteiger partial charge on any atom is -0.494 e. The van der Waals surface area contributed by atoms with E-state index in [1.54, 1.807) is 31.6 Å². The Kier molecular flexibility index (Phi) is 11.0. The van der Waals surface area contributed by atoms with Crippen LogP contribution in [0.2, 0.25) is 0 Å². The molecule has 4 aromatic rings. The van der Waals surface area contributed by atoms with Gasteiger partial charge in [0, 0.05) is 82.2 Å². The first-order chi connectivity index (χ1) is 23.6. The zero-order valence-electron chi connectivity index (χ0n) is 28.0. The molecule has 0 amide bonds. The number of nitrogens with one attached hydrogen (secondary N) is 3. The van der Waals surface area contributed by atoms with Crippen molar-refractivity contribution in [2.75, 3.05) is 86.0 Å². The monoisotopic (exact) mass is 754 g/mol. The molecule has 0 spiro atoms. The summed E-state index contributed by atoms with van der Waals surface area (Å²) in [5.74, 6) is 1.43. The number of rotatable bonds is 12. The van der Waals surface area contributed by atoms with Crippen LogP contribution in [0.25, 0.3) is 11.0 Å². The fourth-order valence-electron chi connectivity index (χ4n) is 6.62. The van der Waals surface area contributed by atoms with Crippen molar-refractivity contribution in [3.63, 3.8) is 0 Å². The third-order valence-electron chi connectivity index (χ3n) is 9.10. The van der Waals surface area contributed by atoms with Crippen LogP contribution in [0.3, 0.4) is 0 Å². The van der Waals surface area contributed by atoms with Gasteiger partial charge >= 0.3 is 0 Å². The lowest BCUT2D eigenvalue weighted by atomic mass is 9.99. The van der Waals surface area contributed by atoms with Gasteiger partial charge < -0.3 is 25.4 Å². The predicted molar refractivity (Wildman–Crippen MR) is 197 cm³/mol. The van der Waals surface area contributed by atoms with Crippen LogP contribution in [0.4, 0.5) is 34.5 Å². The molecule has 4 N–H and O–H groups in total. The number of ether oxygens (including phenoxy) is 1. The Hall–Kier alpha value is -3.83. The summed E-state index contributed by atoms with van der Waals surface area (Å²) in [6, 6.07) is 8.28. The summed E-state index contributed by atoms with van der Waals surface area (Å²) in [7, 11) is -1.96. The van der Waals surface area contributed by atoms with Gasteiger partial charge in [-0.2, -0.15) is 4.98 Å². The SMILES string of the molecule is CCc1cc(Nc2ncc(Br)c(Nc3ccc4nccnc4c3NS(C)(=O)=O)n2)c(OC)cc1N1CCC(N2CCN(CCO)CC2)CC1. The smallest absolute Gasteiger partial charge is 0.229 e. The number of hydrogen-bond acceptors (Lipinski definition) is 13. The molecule has 2 aliphatic rings. The molecule has 4 heterocycles. The number of piperazine rings is 1. The van der Waals surface area contributed by atoms with Crippen LogP contribution < -0.4 is 25.0 Å². The Morgan fingerprint density at radius 2 is 1.76 bits per heavy atom. The molecule has 2 saturated heterocycles. The molecule has 49 heavy (non-hydrogen) atoms. The number of benzene rings is 2. The molecule has 0 bridgehead atoms. The Labute approximate surface area is 295 Å². The van der Waals surface area contributed by atoms with Crippen LogP contribution in [0, 0.1) is 0 Å². The standard InChI is InChI=1S/C33H43BrN10O4S/c1-4-22-19-27(29(48-2)20-28(22)44-11-7-23(8-12-44)43-15-13-42(14-16-43)17-18-45)39-33-37-21-24(34)32(40-33)38-26-6-5-25-30(36-10-9-35-25)31(26)41-49(3,46)47/h5-6,9-10,19-21,23,41,45H,4,7-8,11-18H2,1-3H3,(H2,37,38,39,40). The number of aliphatic hydroxyl groups is 1. The van der Waals surface area contributed by atoms with Gasteiger partial charge in [0.2, 0.25) is 16.0 Å². The predicted octanol–water partition coefficient (Wildman–Crippen LogP) is 4.19. The number of sulfonamides is 1. The average molecular weight is 756 g/mol. The van der Waals surface area contributed by atoms with Crippen molar-refractivity contribution in [1.82, 2.24) is 29.7 Å². The number of nitrogens with zero attached hydrogens (tertiary/aromatic N) is 7. The fourth-order valence-corrected chi connectivity index (χ4v) is 7.48. The molecule has 2 fully saturated rings. The number of piperidine rings is 1. The molecule has 0 radical (unpaired) electrons. The number of aryl methyl sites for hydroxylation is 1. The second-order valence-electron chi connectivity index (χ2n) is 12.3. The summed E-state index contributed by atoms with van der Waals surface area (Å²) >= 11 is 3.53. The van der Waals surface area contributed by atoms with Gasteiger partial charge in [0.05, 0.1) is 47.0 Å². The molecule has 14 nitrogen and oxygen atoms in total. The van der Waals surface area contributed by atoms with Crippen molar-refractivity contribution < 1.29 is 18.3 Å². The number of hydrogen-bond donors (Lipinski definition) is 4. The number of β-amino-alcohol motifs (C(OH)–C–C–N with tert-alkyl or cyclic N) is 1. The lowest BCUT2D eigenvalue weighted by Crippen LogP contribution is -2.53. The Morgan fingerprint density at radius 1 is 1.00 bits per heavy atom. The molecular weight excluding hydrogens is 712 g/mol. The third kappa shape index (κ3) is 8.32. The highest BCUT2D eigenvalue weighted by Crippen LogP contribution is 2.38. The van der Waals surface area contributed by atoms with E-state index in [0.29, 0.717) is 44.8 Å². The minimum absolute atomic E-state index is 0.223. The van der Waals surface area contributed by atoms with Crippen molar-refractivity contribution in [2.24, 2.45) is 0 Å². The zero-order chi connectivity index (χ0) is 34.5. The van der Waals surface area contributed by atoms with Gasteiger partial charge in [0.15, 0.2) is 0 Å². The number of anilines is 6. The fraction of sp³-hybridized carbons (Fsp3) is 0.455. The topological polar surface area (TPSA) is 161 Å². The highest BCUT2D eigenvalue weighted by molar-refractivity contribution is 9.10. The quantitative estimate of drug-likeness (QED) is 0.163. The Morgan fingerprint density at radius 3 is 2.45 bits per heavy atom. The molecule has 0 unspecified atom stereocenters. The highest BCUT2D eigenvalue weighted by atomic mass is 79.9. The van der Waals surface area contributed by atoms with E-state index in [4.69, 9.17) is 9.72 Å². The second kappa shape index (κ2) is 15.4. The van der Waals surface area contributed by atoms with Gasteiger partial charge in [0.25, 0.3) is 0 Å². The maximum absolute atomic E-state index is 12.3. The van der Waals surface area contributed by atoms with Crippen LogP contribution in [-0.4, -0.2) is 115 Å². The molecule has 262 valence electrons. The average Bonchev–Trinajstić information content (AvgIpc) is 3.10. The maximum Gasteiger partial charge on any atom is 0.229 e. The van der Waals surface area contributed by atoms with E-state index in [0.717, 1.165) is 77.0 Å². The van der Waals surface area contributed by atoms with Crippen molar-refractivity contribution in [1.29, 1.82) is 0 Å². The van der Waals surface area contributed by atoms with Gasteiger partial charge in [-0.25, -0.2) is 13.4 Å². The molecular formula is C33H43BrN10O4S.